The summed E-state index contributed by atoms with van der Waals surface area (Å²) < 4.78 is 15.9. The fourth-order valence-corrected chi connectivity index (χ4v) is 2.98. The highest BCUT2D eigenvalue weighted by Gasteiger charge is 2.22. The fourth-order valence-electron chi connectivity index (χ4n) is 2.98. The van der Waals surface area contributed by atoms with Gasteiger partial charge in [-0.05, 0) is 30.2 Å². The largest absolute Gasteiger partial charge is 0.493 e. The van der Waals surface area contributed by atoms with Gasteiger partial charge in [0.05, 0.1) is 21.3 Å². The molecule has 0 saturated carbocycles. The minimum absolute atomic E-state index is 0.0142. The zero-order valence-corrected chi connectivity index (χ0v) is 16.1. The molecule has 1 unspecified atom stereocenters. The Balaban J connectivity index is 2.25. The van der Waals surface area contributed by atoms with Gasteiger partial charge in [-0.3, -0.25) is 9.78 Å². The Hall–Kier alpha value is -2.80. The second-order valence-corrected chi connectivity index (χ2v) is 6.10. The number of ether oxygens (including phenoxy) is 3. The van der Waals surface area contributed by atoms with E-state index in [0.29, 0.717) is 35.8 Å². The van der Waals surface area contributed by atoms with E-state index in [1.807, 2.05) is 12.1 Å². The number of carbonyl (C=O) groups is 1. The maximum atomic E-state index is 12.9. The molecule has 1 heterocycles. The van der Waals surface area contributed by atoms with E-state index in [2.05, 4.69) is 4.98 Å². The number of nitrogens with zero attached hydrogens (tertiary/aromatic N) is 2. The smallest absolute Gasteiger partial charge is 0.253 e. The highest BCUT2D eigenvalue weighted by molar-refractivity contribution is 5.95. The molecule has 1 aromatic carbocycles. The molecule has 0 aliphatic heterocycles. The summed E-state index contributed by atoms with van der Waals surface area (Å²) in [6.45, 7) is 0.480. The zero-order chi connectivity index (χ0) is 19.8. The molecule has 0 bridgehead atoms. The molecule has 146 valence electrons. The Labute approximate surface area is 159 Å². The van der Waals surface area contributed by atoms with Crippen molar-refractivity contribution in [2.75, 3.05) is 41.5 Å². The normalized spacial score (nSPS) is 11.6. The van der Waals surface area contributed by atoms with Crippen LogP contribution in [0.25, 0.3) is 0 Å². The quantitative estimate of drug-likeness (QED) is 0.726. The van der Waals surface area contributed by atoms with E-state index < -0.39 is 0 Å². The molecule has 7 heteroatoms. The highest BCUT2D eigenvalue weighted by Crippen LogP contribution is 2.38. The van der Waals surface area contributed by atoms with Gasteiger partial charge in [0.25, 0.3) is 5.91 Å². The van der Waals surface area contributed by atoms with Crippen LogP contribution in [-0.2, 0) is 0 Å². The minimum Gasteiger partial charge on any atom is -0.493 e. The van der Waals surface area contributed by atoms with Crippen LogP contribution in [-0.4, -0.2) is 62.4 Å². The molecule has 2 aromatic rings. The molecule has 1 aromatic heterocycles. The van der Waals surface area contributed by atoms with Gasteiger partial charge >= 0.3 is 0 Å². The maximum absolute atomic E-state index is 12.9. The van der Waals surface area contributed by atoms with E-state index in [-0.39, 0.29) is 18.4 Å². The second-order valence-electron chi connectivity index (χ2n) is 6.10. The van der Waals surface area contributed by atoms with Crippen molar-refractivity contribution in [2.45, 2.75) is 12.3 Å². The third-order valence-electron chi connectivity index (χ3n) is 4.39. The molecular formula is C20H26N2O5. The van der Waals surface area contributed by atoms with Crippen LogP contribution < -0.4 is 14.2 Å². The lowest BCUT2D eigenvalue weighted by atomic mass is 9.97. The minimum atomic E-state index is -0.180. The van der Waals surface area contributed by atoms with Crippen molar-refractivity contribution < 1.29 is 24.1 Å². The summed E-state index contributed by atoms with van der Waals surface area (Å²) >= 11 is 0. The number of hydrogen-bond donors (Lipinski definition) is 1. The molecule has 0 saturated heterocycles. The summed E-state index contributed by atoms with van der Waals surface area (Å²) in [5, 5.41) is 9.39. The van der Waals surface area contributed by atoms with E-state index in [9.17, 15) is 9.90 Å². The van der Waals surface area contributed by atoms with Crippen LogP contribution in [0.1, 0.15) is 28.3 Å². The Morgan fingerprint density at radius 2 is 1.85 bits per heavy atom. The van der Waals surface area contributed by atoms with Crippen LogP contribution in [0.5, 0.6) is 17.2 Å². The van der Waals surface area contributed by atoms with Crippen molar-refractivity contribution in [1.29, 1.82) is 0 Å². The number of carbonyl (C=O) groups excluding carboxylic acids is 1. The van der Waals surface area contributed by atoms with E-state index in [1.165, 1.54) is 21.3 Å². The van der Waals surface area contributed by atoms with Gasteiger partial charge in [-0.2, -0.15) is 0 Å². The number of methoxy groups -OCH3 is 3. The third-order valence-corrected chi connectivity index (χ3v) is 4.39. The van der Waals surface area contributed by atoms with Crippen LogP contribution >= 0.6 is 0 Å². The van der Waals surface area contributed by atoms with Crippen LogP contribution in [0.15, 0.2) is 36.7 Å². The van der Waals surface area contributed by atoms with Crippen molar-refractivity contribution in [3.63, 3.8) is 0 Å². The first-order valence-electron chi connectivity index (χ1n) is 8.61. The molecule has 1 N–H and O–H groups in total. The summed E-state index contributed by atoms with van der Waals surface area (Å²) in [5.41, 5.74) is 1.41. The monoisotopic (exact) mass is 374 g/mol. The SMILES string of the molecule is COc1cc(C(=O)N(C)CC(CCO)c2cccnc2)cc(OC)c1OC. The van der Waals surface area contributed by atoms with Crippen LogP contribution in [0.4, 0.5) is 0 Å². The molecule has 0 radical (unpaired) electrons. The van der Waals surface area contributed by atoms with Crippen molar-refractivity contribution in [3.8, 4) is 17.2 Å². The number of aliphatic hydroxyl groups is 1. The van der Waals surface area contributed by atoms with E-state index in [0.717, 1.165) is 5.56 Å². The lowest BCUT2D eigenvalue weighted by Gasteiger charge is -2.24. The van der Waals surface area contributed by atoms with Crippen molar-refractivity contribution >= 4 is 5.91 Å². The molecule has 27 heavy (non-hydrogen) atoms. The van der Waals surface area contributed by atoms with Crippen LogP contribution in [0.3, 0.4) is 0 Å². The number of aliphatic hydroxyl groups excluding tert-OH is 1. The van der Waals surface area contributed by atoms with Gasteiger partial charge in [0.15, 0.2) is 11.5 Å². The number of hydrogen-bond acceptors (Lipinski definition) is 6. The van der Waals surface area contributed by atoms with Gasteiger partial charge in [-0.1, -0.05) is 6.07 Å². The fraction of sp³-hybridized carbons (Fsp3) is 0.400. The topological polar surface area (TPSA) is 81.1 Å². The predicted octanol–water partition coefficient (Wildman–Crippen LogP) is 2.35. The first-order valence-corrected chi connectivity index (χ1v) is 8.61. The molecular weight excluding hydrogens is 348 g/mol. The third kappa shape index (κ3) is 4.89. The van der Waals surface area contributed by atoms with Gasteiger partial charge in [0.1, 0.15) is 0 Å². The molecule has 1 atom stereocenters. The van der Waals surface area contributed by atoms with Gasteiger partial charge in [-0.25, -0.2) is 0 Å². The Kier molecular flexibility index (Phi) is 7.43. The molecule has 0 spiro atoms. The summed E-state index contributed by atoms with van der Waals surface area (Å²) in [6.07, 6.45) is 4.00. The van der Waals surface area contributed by atoms with Crippen molar-refractivity contribution in [3.05, 3.63) is 47.8 Å². The van der Waals surface area contributed by atoms with E-state index >= 15 is 0 Å². The number of amides is 1. The Bertz CT molecular complexity index is 726. The lowest BCUT2D eigenvalue weighted by molar-refractivity contribution is 0.0780. The second kappa shape index (κ2) is 9.78. The standard InChI is InChI=1S/C20H26N2O5/c1-22(13-15(7-9-23)14-6-5-8-21-12-14)20(24)16-10-17(25-2)19(27-4)18(11-16)26-3/h5-6,8,10-12,15,23H,7,9,13H2,1-4H3. The number of aromatic nitrogens is 1. The highest BCUT2D eigenvalue weighted by atomic mass is 16.5. The van der Waals surface area contributed by atoms with E-state index in [1.54, 1.807) is 36.5 Å². The number of rotatable bonds is 9. The Morgan fingerprint density at radius 3 is 2.33 bits per heavy atom. The van der Waals surface area contributed by atoms with Crippen LogP contribution in [0.2, 0.25) is 0 Å². The number of pyridine rings is 1. The average molecular weight is 374 g/mol. The first-order chi connectivity index (χ1) is 13.0. The summed E-state index contributed by atoms with van der Waals surface area (Å²) in [6, 6.07) is 7.06. The Morgan fingerprint density at radius 1 is 1.19 bits per heavy atom. The molecule has 0 aliphatic carbocycles. The number of benzene rings is 1. The van der Waals surface area contributed by atoms with Crippen molar-refractivity contribution in [1.82, 2.24) is 9.88 Å². The predicted molar refractivity (Wildman–Crippen MR) is 102 cm³/mol. The summed E-state index contributed by atoms with van der Waals surface area (Å²) in [7, 11) is 6.26. The average Bonchev–Trinajstić information content (AvgIpc) is 2.72. The first kappa shape index (κ1) is 20.5. The lowest BCUT2D eigenvalue weighted by Crippen LogP contribution is -2.31. The molecule has 2 rings (SSSR count). The van der Waals surface area contributed by atoms with Crippen LogP contribution in [0, 0.1) is 0 Å². The molecule has 0 fully saturated rings. The zero-order valence-electron chi connectivity index (χ0n) is 16.1. The summed E-state index contributed by atoms with van der Waals surface area (Å²) in [5.74, 6) is 1.09. The maximum Gasteiger partial charge on any atom is 0.253 e. The van der Waals surface area contributed by atoms with Gasteiger partial charge in [-0.15, -0.1) is 0 Å². The van der Waals surface area contributed by atoms with Gasteiger partial charge < -0.3 is 24.2 Å². The van der Waals surface area contributed by atoms with Gasteiger partial charge in [0.2, 0.25) is 5.75 Å². The van der Waals surface area contributed by atoms with E-state index in [4.69, 9.17) is 14.2 Å². The summed E-state index contributed by atoms with van der Waals surface area (Å²) in [4.78, 5) is 18.7. The molecule has 1 amide bonds. The molecule has 7 nitrogen and oxygen atoms in total. The molecule has 0 aliphatic rings. The van der Waals surface area contributed by atoms with Crippen molar-refractivity contribution in [2.24, 2.45) is 0 Å². The van der Waals surface area contributed by atoms with Gasteiger partial charge in [0, 0.05) is 44.1 Å². The number of likely N-dealkylation sites (N-methyl/N-ethyl adjacent to an activating group) is 1.